The molecule has 5 heteroatoms. The SMILES string of the molecule is CC(=O)OOCOC(=O)C(C)C. The van der Waals surface area contributed by atoms with E-state index in [2.05, 4.69) is 14.5 Å². The molecular formula is C7H12O5. The molecule has 0 atom stereocenters. The first-order chi connectivity index (χ1) is 5.54. The Morgan fingerprint density at radius 3 is 2.33 bits per heavy atom. The maximum Gasteiger partial charge on any atom is 0.339 e. The Kier molecular flexibility index (Phi) is 5.03. The average Bonchev–Trinajstić information content (AvgIpc) is 1.97. The highest BCUT2D eigenvalue weighted by Crippen LogP contribution is 1.95. The molecule has 0 aliphatic heterocycles. The molecule has 0 amide bonds. The summed E-state index contributed by atoms with van der Waals surface area (Å²) >= 11 is 0. The molecule has 0 fully saturated rings. The predicted octanol–water partition coefficient (Wildman–Crippen LogP) is 0.638. The van der Waals surface area contributed by atoms with Crippen LogP contribution in [-0.4, -0.2) is 18.7 Å². The van der Waals surface area contributed by atoms with Crippen LogP contribution in [0.3, 0.4) is 0 Å². The van der Waals surface area contributed by atoms with Gasteiger partial charge in [0, 0.05) is 6.92 Å². The number of carbonyl (C=O) groups excluding carboxylic acids is 2. The Bertz CT molecular complexity index is 163. The molecule has 0 saturated carbocycles. The maximum absolute atomic E-state index is 10.7. The zero-order chi connectivity index (χ0) is 9.56. The van der Waals surface area contributed by atoms with Crippen molar-refractivity contribution in [2.75, 3.05) is 6.79 Å². The van der Waals surface area contributed by atoms with Gasteiger partial charge in [-0.3, -0.25) is 9.68 Å². The van der Waals surface area contributed by atoms with Crippen LogP contribution in [0.2, 0.25) is 0 Å². The van der Waals surface area contributed by atoms with Gasteiger partial charge in [0.2, 0.25) is 6.79 Å². The maximum atomic E-state index is 10.7. The lowest BCUT2D eigenvalue weighted by Crippen LogP contribution is -2.14. The molecule has 0 aliphatic carbocycles. The van der Waals surface area contributed by atoms with Crippen molar-refractivity contribution in [2.45, 2.75) is 20.8 Å². The number of rotatable bonds is 4. The third-order valence-corrected chi connectivity index (χ3v) is 0.897. The van der Waals surface area contributed by atoms with Gasteiger partial charge in [-0.05, 0) is 0 Å². The first-order valence-corrected chi connectivity index (χ1v) is 3.50. The van der Waals surface area contributed by atoms with E-state index in [0.29, 0.717) is 0 Å². The van der Waals surface area contributed by atoms with Gasteiger partial charge in [0.1, 0.15) is 0 Å². The zero-order valence-electron chi connectivity index (χ0n) is 7.33. The summed E-state index contributed by atoms with van der Waals surface area (Å²) in [5.41, 5.74) is 0. The number of ether oxygens (including phenoxy) is 1. The molecule has 0 N–H and O–H groups in total. The van der Waals surface area contributed by atoms with Crippen molar-refractivity contribution in [1.29, 1.82) is 0 Å². The molecule has 0 aliphatic rings. The van der Waals surface area contributed by atoms with Crippen LogP contribution >= 0.6 is 0 Å². The van der Waals surface area contributed by atoms with Gasteiger partial charge in [0.15, 0.2) is 0 Å². The smallest absolute Gasteiger partial charge is 0.339 e. The fourth-order valence-corrected chi connectivity index (χ4v) is 0.356. The van der Waals surface area contributed by atoms with Crippen molar-refractivity contribution in [3.05, 3.63) is 0 Å². The molecule has 12 heavy (non-hydrogen) atoms. The molecule has 0 unspecified atom stereocenters. The van der Waals surface area contributed by atoms with E-state index in [1.165, 1.54) is 6.92 Å². The number of hydrogen-bond acceptors (Lipinski definition) is 5. The Labute approximate surface area is 70.5 Å². The molecule has 0 spiro atoms. The number of hydrogen-bond donors (Lipinski definition) is 0. The van der Waals surface area contributed by atoms with Crippen LogP contribution in [0.4, 0.5) is 0 Å². The third kappa shape index (κ3) is 5.67. The van der Waals surface area contributed by atoms with Gasteiger partial charge in [-0.2, -0.15) is 0 Å². The van der Waals surface area contributed by atoms with E-state index in [-0.39, 0.29) is 12.7 Å². The van der Waals surface area contributed by atoms with E-state index in [1.54, 1.807) is 13.8 Å². The van der Waals surface area contributed by atoms with Crippen molar-refractivity contribution < 1.29 is 24.1 Å². The normalized spacial score (nSPS) is 9.67. The van der Waals surface area contributed by atoms with Gasteiger partial charge in [-0.25, -0.2) is 4.79 Å². The predicted molar refractivity (Wildman–Crippen MR) is 38.6 cm³/mol. The summed E-state index contributed by atoms with van der Waals surface area (Å²) in [4.78, 5) is 29.2. The first kappa shape index (κ1) is 10.9. The lowest BCUT2D eigenvalue weighted by Gasteiger charge is -2.05. The topological polar surface area (TPSA) is 61.8 Å². The minimum absolute atomic E-state index is 0.217. The molecule has 0 bridgehead atoms. The molecule has 0 rings (SSSR count). The summed E-state index contributed by atoms with van der Waals surface area (Å²) in [5, 5.41) is 0. The standard InChI is InChI=1S/C7H12O5/c1-5(2)7(9)10-4-11-12-6(3)8/h5H,4H2,1-3H3. The van der Waals surface area contributed by atoms with Crippen LogP contribution in [0, 0.1) is 5.92 Å². The zero-order valence-corrected chi connectivity index (χ0v) is 7.33. The van der Waals surface area contributed by atoms with Gasteiger partial charge in [-0.15, -0.1) is 4.89 Å². The van der Waals surface area contributed by atoms with Crippen LogP contribution in [-0.2, 0) is 24.1 Å². The summed E-state index contributed by atoms with van der Waals surface area (Å²) in [6.07, 6.45) is 0. The lowest BCUT2D eigenvalue weighted by atomic mass is 10.2. The van der Waals surface area contributed by atoms with Crippen LogP contribution in [0.15, 0.2) is 0 Å². The minimum Gasteiger partial charge on any atom is -0.434 e. The summed E-state index contributed by atoms with van der Waals surface area (Å²) in [6.45, 7) is 4.20. The van der Waals surface area contributed by atoms with E-state index in [4.69, 9.17) is 0 Å². The van der Waals surface area contributed by atoms with Gasteiger partial charge in [0.05, 0.1) is 5.92 Å². The van der Waals surface area contributed by atoms with Gasteiger partial charge in [-0.1, -0.05) is 13.8 Å². The highest BCUT2D eigenvalue weighted by Gasteiger charge is 2.07. The molecule has 0 aromatic carbocycles. The Morgan fingerprint density at radius 2 is 1.92 bits per heavy atom. The molecule has 0 aromatic heterocycles. The van der Waals surface area contributed by atoms with E-state index in [0.717, 1.165) is 0 Å². The van der Waals surface area contributed by atoms with Crippen LogP contribution < -0.4 is 0 Å². The number of carbonyl (C=O) groups is 2. The molecule has 0 aromatic rings. The Hall–Kier alpha value is -1.10. The molecule has 0 radical (unpaired) electrons. The van der Waals surface area contributed by atoms with Crippen molar-refractivity contribution in [2.24, 2.45) is 5.92 Å². The van der Waals surface area contributed by atoms with Crippen molar-refractivity contribution in [3.63, 3.8) is 0 Å². The molecule has 0 saturated heterocycles. The van der Waals surface area contributed by atoms with E-state index in [9.17, 15) is 9.59 Å². The second kappa shape index (κ2) is 5.54. The molecule has 5 nitrogen and oxygen atoms in total. The summed E-state index contributed by atoms with van der Waals surface area (Å²) in [5.74, 6) is -1.20. The fraction of sp³-hybridized carbons (Fsp3) is 0.714. The molecule has 70 valence electrons. The Balaban J connectivity index is 3.32. The summed E-state index contributed by atoms with van der Waals surface area (Å²) < 4.78 is 4.52. The summed E-state index contributed by atoms with van der Waals surface area (Å²) in [6, 6.07) is 0. The van der Waals surface area contributed by atoms with Crippen molar-refractivity contribution in [3.8, 4) is 0 Å². The monoisotopic (exact) mass is 176 g/mol. The van der Waals surface area contributed by atoms with Crippen LogP contribution in [0.1, 0.15) is 20.8 Å². The van der Waals surface area contributed by atoms with Crippen LogP contribution in [0.5, 0.6) is 0 Å². The fourth-order valence-electron chi connectivity index (χ4n) is 0.356. The average molecular weight is 176 g/mol. The first-order valence-electron chi connectivity index (χ1n) is 3.50. The van der Waals surface area contributed by atoms with E-state index < -0.39 is 11.9 Å². The van der Waals surface area contributed by atoms with Crippen molar-refractivity contribution >= 4 is 11.9 Å². The molecule has 0 heterocycles. The summed E-state index contributed by atoms with van der Waals surface area (Å²) in [7, 11) is 0. The second-order valence-corrected chi connectivity index (χ2v) is 2.43. The third-order valence-electron chi connectivity index (χ3n) is 0.897. The minimum atomic E-state index is -0.587. The van der Waals surface area contributed by atoms with Gasteiger partial charge >= 0.3 is 11.9 Å². The van der Waals surface area contributed by atoms with Crippen molar-refractivity contribution in [1.82, 2.24) is 0 Å². The molecular weight excluding hydrogens is 164 g/mol. The van der Waals surface area contributed by atoms with Gasteiger partial charge in [0.25, 0.3) is 0 Å². The van der Waals surface area contributed by atoms with Gasteiger partial charge < -0.3 is 4.74 Å². The highest BCUT2D eigenvalue weighted by atomic mass is 17.2. The Morgan fingerprint density at radius 1 is 1.33 bits per heavy atom. The van der Waals surface area contributed by atoms with E-state index >= 15 is 0 Å². The lowest BCUT2D eigenvalue weighted by molar-refractivity contribution is -0.304. The quantitative estimate of drug-likeness (QED) is 0.207. The van der Waals surface area contributed by atoms with E-state index in [1.807, 2.05) is 0 Å². The largest absolute Gasteiger partial charge is 0.434 e. The second-order valence-electron chi connectivity index (χ2n) is 2.43. The highest BCUT2D eigenvalue weighted by molar-refractivity contribution is 5.71. The van der Waals surface area contributed by atoms with Crippen LogP contribution in [0.25, 0.3) is 0 Å². The number of esters is 1.